The molecule has 1 N–H and O–H groups in total. The fraction of sp³-hybridized carbons (Fsp3) is 0.500. The summed E-state index contributed by atoms with van der Waals surface area (Å²) < 4.78 is 4.77. The van der Waals surface area contributed by atoms with Gasteiger partial charge in [0.15, 0.2) is 0 Å². The molecule has 0 spiro atoms. The van der Waals surface area contributed by atoms with Crippen molar-refractivity contribution >= 4 is 58.3 Å². The molecule has 2 saturated heterocycles. The second kappa shape index (κ2) is 8.79. The molecule has 0 aromatic heterocycles. The number of hydrogen-bond donors (Lipinski definition) is 1. The van der Waals surface area contributed by atoms with E-state index in [1.54, 1.807) is 0 Å². The molecule has 0 aliphatic carbocycles. The molecule has 2 atom stereocenters. The molecule has 2 heterocycles. The fourth-order valence-electron chi connectivity index (χ4n) is 2.18. The molecule has 0 aromatic rings. The number of nitrogens with one attached hydrogen (secondary N) is 1. The second-order valence-electron chi connectivity index (χ2n) is 4.83. The number of aliphatic carboxylic acids is 1. The summed E-state index contributed by atoms with van der Waals surface area (Å²) in [5, 5.41) is 14.8. The maximum Gasteiger partial charge on any atom is 1.00 e. The Balaban J connectivity index is 0.00000288. The van der Waals surface area contributed by atoms with Crippen LogP contribution in [0.2, 0.25) is 0 Å². The van der Waals surface area contributed by atoms with Gasteiger partial charge in [-0.05, 0) is 0 Å². The number of carbonyl (C=O) groups is 3. The Hall–Kier alpha value is -0.420. The first-order chi connectivity index (χ1) is 10.8. The van der Waals surface area contributed by atoms with Gasteiger partial charge in [-0.25, -0.2) is 0 Å². The first-order valence-electron chi connectivity index (χ1n) is 6.44. The van der Waals surface area contributed by atoms with Gasteiger partial charge >= 0.3 is 35.5 Å². The van der Waals surface area contributed by atoms with Crippen LogP contribution in [0.5, 0.6) is 0 Å². The Morgan fingerprint density at radius 3 is 2.71 bits per heavy atom. The van der Waals surface area contributed by atoms with Crippen LogP contribution in [-0.4, -0.2) is 46.3 Å². The monoisotopic (exact) mass is 404 g/mol. The van der Waals surface area contributed by atoms with E-state index >= 15 is 0 Å². The van der Waals surface area contributed by atoms with E-state index in [9.17, 15) is 19.5 Å². The van der Waals surface area contributed by atoms with Gasteiger partial charge in [-0.2, -0.15) is 5.06 Å². The maximum absolute atomic E-state index is 12.3. The molecular weight excluding hydrogens is 394 g/mol. The number of rotatable bonds is 5. The molecule has 2 aliphatic heterocycles. The molecule has 8 nitrogen and oxygen atoms in total. The van der Waals surface area contributed by atoms with Crippen LogP contribution in [0.25, 0.3) is 0 Å². The summed E-state index contributed by atoms with van der Waals surface area (Å²) in [6.07, 6.45) is -0.295. The molecule has 24 heavy (non-hydrogen) atoms. The van der Waals surface area contributed by atoms with Gasteiger partial charge in [-0.1, -0.05) is 35.4 Å². The predicted octanol–water partition coefficient (Wildman–Crippen LogP) is -3.46. The number of ether oxygens (including phenoxy) is 1. The van der Waals surface area contributed by atoms with Crippen molar-refractivity contribution in [2.45, 2.75) is 31.0 Å². The van der Waals surface area contributed by atoms with Crippen LogP contribution in [0.3, 0.4) is 0 Å². The summed E-state index contributed by atoms with van der Waals surface area (Å²) in [5.74, 6) is -3.22. The number of carboxylic acid groups (broad SMARTS) is 1. The topological polar surface area (TPSA) is 108 Å². The van der Waals surface area contributed by atoms with Gasteiger partial charge in [0, 0.05) is 23.4 Å². The van der Waals surface area contributed by atoms with Crippen LogP contribution < -0.4 is 40.0 Å². The van der Waals surface area contributed by atoms with Gasteiger partial charge in [0.05, 0.1) is 11.4 Å². The number of hydrogen-bond acceptors (Lipinski definition) is 7. The number of hydroxylamine groups is 2. The van der Waals surface area contributed by atoms with Crippen LogP contribution in [0.15, 0.2) is 10.6 Å². The van der Waals surface area contributed by atoms with Crippen LogP contribution >= 0.6 is 35.4 Å². The normalized spacial score (nSPS) is 26.8. The average Bonchev–Trinajstić information content (AvgIpc) is 3.04. The number of esters is 1. The third-order valence-electron chi connectivity index (χ3n) is 3.25. The summed E-state index contributed by atoms with van der Waals surface area (Å²) in [5.41, 5.74) is -1.11. The summed E-state index contributed by atoms with van der Waals surface area (Å²) >= 11 is 16.2. The van der Waals surface area contributed by atoms with Crippen LogP contribution in [0.4, 0.5) is 0 Å². The maximum atomic E-state index is 12.3. The van der Waals surface area contributed by atoms with Crippen molar-refractivity contribution in [2.24, 2.45) is 0 Å². The van der Waals surface area contributed by atoms with Crippen molar-refractivity contribution in [3.63, 3.8) is 0 Å². The Bertz CT molecular complexity index is 604. The smallest absolute Gasteiger partial charge is 0.544 e. The number of thiocarbonyl (C=S) groups is 1. The van der Waals surface area contributed by atoms with Crippen LogP contribution in [0.1, 0.15) is 19.3 Å². The van der Waals surface area contributed by atoms with Crippen molar-refractivity contribution in [1.29, 1.82) is 0 Å². The number of nitrogens with zero attached hydrogens (tertiary/aromatic N) is 1. The van der Waals surface area contributed by atoms with Crippen molar-refractivity contribution < 1.29 is 58.6 Å². The van der Waals surface area contributed by atoms with Gasteiger partial charge in [-0.15, -0.1) is 0 Å². The van der Waals surface area contributed by atoms with Gasteiger partial charge in [-0.3, -0.25) is 14.4 Å². The SMILES string of the molecule is O=C1CCC(C(=O)[O-])(N2OC[C@H](NC(=S)CC(Cl)=CCl)C2=O)O1.[Na+]. The minimum Gasteiger partial charge on any atom is -0.544 e. The number of halogens is 2. The minimum absolute atomic E-state index is 0. The number of amides is 1. The third-order valence-corrected chi connectivity index (χ3v) is 4.13. The Labute approximate surface area is 174 Å². The molecule has 0 saturated carbocycles. The number of carboxylic acids is 1. The second-order valence-corrected chi connectivity index (χ2v) is 6.02. The van der Waals surface area contributed by atoms with E-state index in [0.29, 0.717) is 5.06 Å². The summed E-state index contributed by atoms with van der Waals surface area (Å²) in [6, 6.07) is -0.933. The summed E-state index contributed by atoms with van der Waals surface area (Å²) in [4.78, 5) is 40.3. The van der Waals surface area contributed by atoms with E-state index in [1.165, 1.54) is 0 Å². The Morgan fingerprint density at radius 2 is 2.21 bits per heavy atom. The Kier molecular flexibility index (Phi) is 7.92. The van der Waals surface area contributed by atoms with E-state index in [2.05, 4.69) is 5.32 Å². The van der Waals surface area contributed by atoms with E-state index in [-0.39, 0.29) is 65.4 Å². The van der Waals surface area contributed by atoms with Crippen molar-refractivity contribution in [2.75, 3.05) is 6.61 Å². The van der Waals surface area contributed by atoms with Crippen LogP contribution in [-0.2, 0) is 24.0 Å². The van der Waals surface area contributed by atoms with E-state index < -0.39 is 29.6 Å². The molecule has 12 heteroatoms. The van der Waals surface area contributed by atoms with Gasteiger partial charge in [0.25, 0.3) is 11.6 Å². The van der Waals surface area contributed by atoms with E-state index in [4.69, 9.17) is 45.0 Å². The average molecular weight is 405 g/mol. The van der Waals surface area contributed by atoms with Crippen LogP contribution in [0, 0.1) is 0 Å². The quantitative estimate of drug-likeness (QED) is 0.286. The molecule has 2 aliphatic rings. The molecule has 0 radical (unpaired) electrons. The van der Waals surface area contributed by atoms with E-state index in [0.717, 1.165) is 5.54 Å². The minimum atomic E-state index is -2.25. The summed E-state index contributed by atoms with van der Waals surface area (Å²) in [7, 11) is 0. The largest absolute Gasteiger partial charge is 1.00 e. The van der Waals surface area contributed by atoms with E-state index in [1.807, 2.05) is 0 Å². The first-order valence-corrected chi connectivity index (χ1v) is 7.67. The van der Waals surface area contributed by atoms with Crippen molar-refractivity contribution in [3.05, 3.63) is 10.6 Å². The molecular formula is C12H11Cl2N2NaO6S. The van der Waals surface area contributed by atoms with Gasteiger partial charge < -0.3 is 20.0 Å². The molecule has 1 amide bonds. The molecule has 0 aromatic carbocycles. The van der Waals surface area contributed by atoms with Crippen molar-refractivity contribution in [1.82, 2.24) is 10.4 Å². The Morgan fingerprint density at radius 1 is 1.54 bits per heavy atom. The zero-order chi connectivity index (χ0) is 17.2. The number of carbonyl (C=O) groups excluding carboxylic acids is 3. The summed E-state index contributed by atoms with van der Waals surface area (Å²) in [6.45, 7) is -0.187. The molecule has 0 bridgehead atoms. The first kappa shape index (κ1) is 21.6. The molecule has 126 valence electrons. The standard InChI is InChI=1S/C12H12Cl2N2O6S.Na/c13-4-6(14)3-8(23)15-7-5-21-16(10(7)18)12(11(19)20)2-1-9(17)22-12;/h4,7H,1-3,5H2,(H,15,23)(H,19,20);/q;+1/p-1/t7-,12?;/m0./s1. The van der Waals surface area contributed by atoms with Gasteiger partial charge in [0.1, 0.15) is 18.6 Å². The zero-order valence-electron chi connectivity index (χ0n) is 12.5. The third kappa shape index (κ3) is 4.40. The molecule has 1 unspecified atom stereocenters. The van der Waals surface area contributed by atoms with Crippen molar-refractivity contribution in [3.8, 4) is 0 Å². The van der Waals surface area contributed by atoms with Gasteiger partial charge in [0.2, 0.25) is 0 Å². The fourth-order valence-corrected chi connectivity index (χ4v) is 2.77. The molecule has 2 fully saturated rings. The molecule has 2 rings (SSSR count). The predicted molar refractivity (Wildman–Crippen MR) is 79.8 cm³/mol. The number of cyclic esters (lactones) is 1. The zero-order valence-corrected chi connectivity index (χ0v) is 16.9.